The van der Waals surface area contributed by atoms with Crippen LogP contribution in [0, 0.1) is 0 Å². The van der Waals surface area contributed by atoms with Crippen molar-refractivity contribution in [1.29, 1.82) is 0 Å². The van der Waals surface area contributed by atoms with Gasteiger partial charge in [0.2, 0.25) is 0 Å². The number of aryl methyl sites for hydroxylation is 1. The highest BCUT2D eigenvalue weighted by atomic mass is 15.1. The van der Waals surface area contributed by atoms with E-state index < -0.39 is 0 Å². The summed E-state index contributed by atoms with van der Waals surface area (Å²) in [6.45, 7) is 4.44. The van der Waals surface area contributed by atoms with Gasteiger partial charge in [0.25, 0.3) is 0 Å². The Morgan fingerprint density at radius 1 is 1.35 bits per heavy atom. The highest BCUT2D eigenvalue weighted by molar-refractivity contribution is 5.54. The van der Waals surface area contributed by atoms with Crippen molar-refractivity contribution in [1.82, 2.24) is 15.3 Å². The van der Waals surface area contributed by atoms with Crippen LogP contribution in [-0.2, 0) is 6.42 Å². The molecule has 3 heteroatoms. The molecule has 2 unspecified atom stereocenters. The van der Waals surface area contributed by atoms with Gasteiger partial charge in [0.1, 0.15) is 5.82 Å². The molecule has 1 fully saturated rings. The Hall–Kier alpha value is -1.09. The van der Waals surface area contributed by atoms with Gasteiger partial charge in [-0.05, 0) is 45.1 Å². The van der Waals surface area contributed by atoms with E-state index in [4.69, 9.17) is 4.98 Å². The van der Waals surface area contributed by atoms with Gasteiger partial charge in [-0.3, -0.25) is 0 Å². The molecule has 0 amide bonds. The number of hydrogen-bond acceptors (Lipinski definition) is 2. The summed E-state index contributed by atoms with van der Waals surface area (Å²) in [5.41, 5.74) is 3.94. The second-order valence-corrected chi connectivity index (χ2v) is 5.38. The van der Waals surface area contributed by atoms with E-state index in [0.717, 1.165) is 12.2 Å². The number of fused-ring (bicyclic) bond motifs is 1. The lowest BCUT2D eigenvalue weighted by molar-refractivity contribution is 0.526. The fourth-order valence-corrected chi connectivity index (χ4v) is 2.90. The van der Waals surface area contributed by atoms with E-state index in [9.17, 15) is 0 Å². The normalized spacial score (nSPS) is 28.0. The molecule has 0 saturated carbocycles. The van der Waals surface area contributed by atoms with Gasteiger partial charge in [-0.1, -0.05) is 12.5 Å². The minimum atomic E-state index is 0.444. The smallest absolute Gasteiger partial charge is 0.124 e. The molecule has 3 rings (SSSR count). The van der Waals surface area contributed by atoms with Crippen LogP contribution in [-0.4, -0.2) is 16.0 Å². The monoisotopic (exact) mass is 231 g/mol. The van der Waals surface area contributed by atoms with Crippen LogP contribution >= 0.6 is 0 Å². The first kappa shape index (κ1) is 11.0. The molecule has 0 radical (unpaired) electrons. The zero-order chi connectivity index (χ0) is 11.8. The first-order chi connectivity index (χ1) is 8.26. The van der Waals surface area contributed by atoms with Crippen molar-refractivity contribution in [3.05, 3.63) is 22.8 Å². The molecule has 2 heterocycles. The summed E-state index contributed by atoms with van der Waals surface area (Å²) in [5.74, 6) is 1.15. The standard InChI is InChI=1S/C14H21N3/c1-3-10-5-7-12(15-10)14-16-11-6-4-9(2)8-13(11)17-14/h8,10,12,15H,3-7H2,1-2H3,(H,16,17). The average Bonchev–Trinajstić information content (AvgIpc) is 2.93. The summed E-state index contributed by atoms with van der Waals surface area (Å²) in [6, 6.07) is 1.12. The lowest BCUT2D eigenvalue weighted by Gasteiger charge is -2.10. The predicted octanol–water partition coefficient (Wildman–Crippen LogP) is 2.96. The maximum atomic E-state index is 4.76. The van der Waals surface area contributed by atoms with Gasteiger partial charge in [-0.2, -0.15) is 0 Å². The molecule has 2 atom stereocenters. The summed E-state index contributed by atoms with van der Waals surface area (Å²) in [6.07, 6.45) is 8.23. The molecule has 1 aromatic heterocycles. The molecule has 1 aliphatic carbocycles. The van der Waals surface area contributed by atoms with Crippen molar-refractivity contribution in [3.63, 3.8) is 0 Å². The van der Waals surface area contributed by atoms with Crippen molar-refractivity contribution in [2.75, 3.05) is 0 Å². The summed E-state index contributed by atoms with van der Waals surface area (Å²) in [5, 5.41) is 3.66. The van der Waals surface area contributed by atoms with E-state index in [1.165, 1.54) is 42.6 Å². The molecule has 1 saturated heterocycles. The molecule has 0 aromatic carbocycles. The van der Waals surface area contributed by atoms with Crippen molar-refractivity contribution >= 4 is 6.08 Å². The zero-order valence-electron chi connectivity index (χ0n) is 10.7. The molecule has 1 aliphatic heterocycles. The molecule has 1 aromatic rings. The number of nitrogens with one attached hydrogen (secondary N) is 2. The Morgan fingerprint density at radius 2 is 2.24 bits per heavy atom. The number of H-pyrrole nitrogens is 1. The van der Waals surface area contributed by atoms with E-state index in [0.29, 0.717) is 12.1 Å². The van der Waals surface area contributed by atoms with Crippen molar-refractivity contribution in [2.45, 2.75) is 58.0 Å². The van der Waals surface area contributed by atoms with E-state index in [-0.39, 0.29) is 0 Å². The van der Waals surface area contributed by atoms with Crippen molar-refractivity contribution in [2.24, 2.45) is 0 Å². The maximum absolute atomic E-state index is 4.76. The maximum Gasteiger partial charge on any atom is 0.124 e. The van der Waals surface area contributed by atoms with Crippen LogP contribution in [0.15, 0.2) is 5.57 Å². The van der Waals surface area contributed by atoms with Gasteiger partial charge in [0, 0.05) is 11.7 Å². The third kappa shape index (κ3) is 2.04. The Balaban J connectivity index is 1.81. The first-order valence-corrected chi connectivity index (χ1v) is 6.78. The third-order valence-electron chi connectivity index (χ3n) is 4.05. The van der Waals surface area contributed by atoms with E-state index in [1.54, 1.807) is 0 Å². The van der Waals surface area contributed by atoms with Gasteiger partial charge >= 0.3 is 0 Å². The Morgan fingerprint density at radius 3 is 3.00 bits per heavy atom. The van der Waals surface area contributed by atoms with E-state index in [2.05, 4.69) is 30.2 Å². The Bertz CT molecular complexity index is 444. The van der Waals surface area contributed by atoms with Crippen LogP contribution in [0.3, 0.4) is 0 Å². The Kier molecular flexibility index (Phi) is 2.79. The lowest BCUT2D eigenvalue weighted by atomic mass is 10.0. The van der Waals surface area contributed by atoms with Crippen LogP contribution in [0.5, 0.6) is 0 Å². The number of rotatable bonds is 2. The third-order valence-corrected chi connectivity index (χ3v) is 4.05. The quantitative estimate of drug-likeness (QED) is 0.821. The van der Waals surface area contributed by atoms with E-state index >= 15 is 0 Å². The number of hydrogen-bond donors (Lipinski definition) is 2. The summed E-state index contributed by atoms with van der Waals surface area (Å²) in [7, 11) is 0. The second kappa shape index (κ2) is 4.30. The zero-order valence-corrected chi connectivity index (χ0v) is 10.7. The minimum absolute atomic E-state index is 0.444. The predicted molar refractivity (Wildman–Crippen MR) is 69.7 cm³/mol. The Labute approximate surface area is 103 Å². The van der Waals surface area contributed by atoms with Crippen molar-refractivity contribution < 1.29 is 0 Å². The SMILES string of the molecule is CCC1CCC(c2nc3c([nH]2)CCC(C)=C3)N1. The van der Waals surface area contributed by atoms with Gasteiger partial charge in [-0.15, -0.1) is 0 Å². The van der Waals surface area contributed by atoms with Crippen LogP contribution < -0.4 is 5.32 Å². The molecule has 0 spiro atoms. The molecule has 3 nitrogen and oxygen atoms in total. The fourth-order valence-electron chi connectivity index (χ4n) is 2.90. The summed E-state index contributed by atoms with van der Waals surface area (Å²) in [4.78, 5) is 8.28. The molecule has 2 aliphatic rings. The largest absolute Gasteiger partial charge is 0.344 e. The molecule has 17 heavy (non-hydrogen) atoms. The summed E-state index contributed by atoms with van der Waals surface area (Å²) < 4.78 is 0. The summed E-state index contributed by atoms with van der Waals surface area (Å²) >= 11 is 0. The van der Waals surface area contributed by atoms with Crippen LogP contribution in [0.25, 0.3) is 6.08 Å². The topological polar surface area (TPSA) is 40.7 Å². The number of allylic oxidation sites excluding steroid dienone is 1. The lowest BCUT2D eigenvalue weighted by Crippen LogP contribution is -2.23. The molecular formula is C14H21N3. The number of nitrogens with zero attached hydrogens (tertiary/aromatic N) is 1. The first-order valence-electron chi connectivity index (χ1n) is 6.78. The molecular weight excluding hydrogens is 210 g/mol. The number of imidazole rings is 1. The van der Waals surface area contributed by atoms with Gasteiger partial charge in [-0.25, -0.2) is 4.98 Å². The van der Waals surface area contributed by atoms with Crippen LogP contribution in [0.4, 0.5) is 0 Å². The minimum Gasteiger partial charge on any atom is -0.344 e. The van der Waals surface area contributed by atoms with Gasteiger partial charge < -0.3 is 10.3 Å². The average molecular weight is 231 g/mol. The number of aromatic nitrogens is 2. The van der Waals surface area contributed by atoms with Crippen LogP contribution in [0.1, 0.15) is 62.8 Å². The van der Waals surface area contributed by atoms with E-state index in [1.807, 2.05) is 0 Å². The van der Waals surface area contributed by atoms with Crippen LogP contribution in [0.2, 0.25) is 0 Å². The highest BCUT2D eigenvalue weighted by Crippen LogP contribution is 2.29. The highest BCUT2D eigenvalue weighted by Gasteiger charge is 2.26. The van der Waals surface area contributed by atoms with Gasteiger partial charge in [0.05, 0.1) is 11.7 Å². The fraction of sp³-hybridized carbons (Fsp3) is 0.643. The number of aromatic amines is 1. The molecule has 2 N–H and O–H groups in total. The van der Waals surface area contributed by atoms with Crippen molar-refractivity contribution in [3.8, 4) is 0 Å². The van der Waals surface area contributed by atoms with Gasteiger partial charge in [0.15, 0.2) is 0 Å². The second-order valence-electron chi connectivity index (χ2n) is 5.38. The molecule has 0 bridgehead atoms. The molecule has 92 valence electrons.